The molecule has 3 rings (SSSR count). The number of carbonyl (C=O) groups excluding carboxylic acids is 1. The SMILES string of the molecule is Cc1ccc(OCC(=O)Nc2ccc3c(c2F)CCNC3)c(C)c1. The van der Waals surface area contributed by atoms with Crippen LogP contribution in [0, 0.1) is 19.7 Å². The third-order valence-corrected chi connectivity index (χ3v) is 4.17. The molecule has 1 aliphatic rings. The molecule has 2 aromatic carbocycles. The van der Waals surface area contributed by atoms with Crippen molar-refractivity contribution in [3.8, 4) is 5.75 Å². The summed E-state index contributed by atoms with van der Waals surface area (Å²) in [5.74, 6) is -0.0515. The topological polar surface area (TPSA) is 50.4 Å². The Morgan fingerprint density at radius 2 is 2.12 bits per heavy atom. The third kappa shape index (κ3) is 3.57. The number of fused-ring (bicyclic) bond motifs is 1. The number of rotatable bonds is 4. The zero-order valence-electron chi connectivity index (χ0n) is 13.9. The number of hydrogen-bond donors (Lipinski definition) is 2. The van der Waals surface area contributed by atoms with Crippen LogP contribution in [0.2, 0.25) is 0 Å². The van der Waals surface area contributed by atoms with Crippen LogP contribution in [0.25, 0.3) is 0 Å². The van der Waals surface area contributed by atoms with E-state index >= 15 is 0 Å². The average Bonchev–Trinajstić information content (AvgIpc) is 2.57. The monoisotopic (exact) mass is 328 g/mol. The highest BCUT2D eigenvalue weighted by Gasteiger charge is 2.17. The predicted molar refractivity (Wildman–Crippen MR) is 91.9 cm³/mol. The van der Waals surface area contributed by atoms with Crippen LogP contribution < -0.4 is 15.4 Å². The van der Waals surface area contributed by atoms with E-state index < -0.39 is 0 Å². The molecule has 2 aromatic rings. The number of benzene rings is 2. The van der Waals surface area contributed by atoms with Crippen LogP contribution in [0.5, 0.6) is 5.75 Å². The maximum atomic E-state index is 14.5. The Labute approximate surface area is 141 Å². The van der Waals surface area contributed by atoms with E-state index in [1.165, 1.54) is 0 Å². The molecule has 0 spiro atoms. The van der Waals surface area contributed by atoms with Gasteiger partial charge in [-0.15, -0.1) is 0 Å². The average molecular weight is 328 g/mol. The van der Waals surface area contributed by atoms with E-state index in [0.29, 0.717) is 24.3 Å². The van der Waals surface area contributed by atoms with Crippen LogP contribution in [0.3, 0.4) is 0 Å². The summed E-state index contributed by atoms with van der Waals surface area (Å²) in [6, 6.07) is 9.22. The highest BCUT2D eigenvalue weighted by molar-refractivity contribution is 5.92. The number of amides is 1. The summed E-state index contributed by atoms with van der Waals surface area (Å²) in [5.41, 5.74) is 3.94. The minimum Gasteiger partial charge on any atom is -0.483 e. The summed E-state index contributed by atoms with van der Waals surface area (Å²) < 4.78 is 20.0. The first kappa shape index (κ1) is 16.5. The van der Waals surface area contributed by atoms with Gasteiger partial charge in [0.15, 0.2) is 6.61 Å². The molecule has 0 unspecified atom stereocenters. The molecule has 1 amide bonds. The van der Waals surface area contributed by atoms with Crippen LogP contribution in [0.4, 0.5) is 10.1 Å². The van der Waals surface area contributed by atoms with Gasteiger partial charge in [0, 0.05) is 6.54 Å². The Hall–Kier alpha value is -2.40. The second-order valence-electron chi connectivity index (χ2n) is 6.10. The lowest BCUT2D eigenvalue weighted by molar-refractivity contribution is -0.118. The maximum absolute atomic E-state index is 14.5. The predicted octanol–water partition coefficient (Wildman–Crippen LogP) is 3.11. The van der Waals surface area contributed by atoms with E-state index in [9.17, 15) is 9.18 Å². The first-order valence-electron chi connectivity index (χ1n) is 8.05. The van der Waals surface area contributed by atoms with Crippen LogP contribution >= 0.6 is 0 Å². The maximum Gasteiger partial charge on any atom is 0.262 e. The number of nitrogens with one attached hydrogen (secondary N) is 2. The summed E-state index contributed by atoms with van der Waals surface area (Å²) in [6.45, 7) is 5.19. The first-order chi connectivity index (χ1) is 11.5. The molecule has 24 heavy (non-hydrogen) atoms. The summed E-state index contributed by atoms with van der Waals surface area (Å²) in [7, 11) is 0. The Balaban J connectivity index is 1.65. The van der Waals surface area contributed by atoms with Gasteiger partial charge < -0.3 is 15.4 Å². The van der Waals surface area contributed by atoms with E-state index in [4.69, 9.17) is 4.74 Å². The highest BCUT2D eigenvalue weighted by Crippen LogP contribution is 2.24. The van der Waals surface area contributed by atoms with E-state index in [1.54, 1.807) is 6.07 Å². The van der Waals surface area contributed by atoms with Gasteiger partial charge in [-0.3, -0.25) is 4.79 Å². The molecule has 0 atom stereocenters. The van der Waals surface area contributed by atoms with Crippen molar-refractivity contribution in [1.82, 2.24) is 5.32 Å². The molecular weight excluding hydrogens is 307 g/mol. The van der Waals surface area contributed by atoms with Crippen molar-refractivity contribution in [3.05, 3.63) is 58.4 Å². The molecule has 1 aliphatic heterocycles. The number of ether oxygens (including phenoxy) is 1. The van der Waals surface area contributed by atoms with Crippen molar-refractivity contribution in [1.29, 1.82) is 0 Å². The van der Waals surface area contributed by atoms with Gasteiger partial charge in [-0.2, -0.15) is 0 Å². The van der Waals surface area contributed by atoms with Gasteiger partial charge in [0.05, 0.1) is 5.69 Å². The largest absolute Gasteiger partial charge is 0.483 e. The molecule has 0 fully saturated rings. The van der Waals surface area contributed by atoms with Crippen LogP contribution in [0.15, 0.2) is 30.3 Å². The molecule has 0 bridgehead atoms. The van der Waals surface area contributed by atoms with Crippen molar-refractivity contribution in [2.45, 2.75) is 26.8 Å². The van der Waals surface area contributed by atoms with E-state index in [0.717, 1.165) is 23.2 Å². The smallest absolute Gasteiger partial charge is 0.262 e. The lowest BCUT2D eigenvalue weighted by atomic mass is 9.99. The standard InChI is InChI=1S/C19H21FN2O2/c1-12-3-6-17(13(2)9-12)24-11-18(23)22-16-5-4-14-10-21-8-7-15(14)19(16)20/h3-6,9,21H,7-8,10-11H2,1-2H3,(H,22,23). The quantitative estimate of drug-likeness (QED) is 0.907. The number of aryl methyl sites for hydroxylation is 2. The van der Waals surface area contributed by atoms with Crippen molar-refractivity contribution in [2.75, 3.05) is 18.5 Å². The molecule has 0 saturated heterocycles. The highest BCUT2D eigenvalue weighted by atomic mass is 19.1. The number of carbonyl (C=O) groups is 1. The minimum atomic E-state index is -0.372. The second kappa shape index (κ2) is 7.01. The van der Waals surface area contributed by atoms with Gasteiger partial charge in [0.1, 0.15) is 11.6 Å². The van der Waals surface area contributed by atoms with Crippen LogP contribution in [0.1, 0.15) is 22.3 Å². The van der Waals surface area contributed by atoms with Crippen molar-refractivity contribution >= 4 is 11.6 Å². The van der Waals surface area contributed by atoms with Gasteiger partial charge in [-0.05, 0) is 55.6 Å². The zero-order chi connectivity index (χ0) is 17.1. The Kier molecular flexibility index (Phi) is 4.81. The number of anilines is 1. The van der Waals surface area contributed by atoms with Crippen molar-refractivity contribution < 1.29 is 13.9 Å². The molecule has 0 saturated carbocycles. The molecule has 0 aliphatic carbocycles. The van der Waals surface area contributed by atoms with Crippen LogP contribution in [-0.4, -0.2) is 19.1 Å². The lowest BCUT2D eigenvalue weighted by Crippen LogP contribution is -2.26. The summed E-state index contributed by atoms with van der Waals surface area (Å²) in [6.07, 6.45) is 0.629. The molecule has 2 N–H and O–H groups in total. The molecule has 4 nitrogen and oxygen atoms in total. The Morgan fingerprint density at radius 3 is 2.92 bits per heavy atom. The molecular formula is C19H21FN2O2. The van der Waals surface area contributed by atoms with Gasteiger partial charge in [-0.25, -0.2) is 4.39 Å². The Morgan fingerprint density at radius 1 is 1.29 bits per heavy atom. The van der Waals surface area contributed by atoms with E-state index in [2.05, 4.69) is 10.6 Å². The fourth-order valence-corrected chi connectivity index (χ4v) is 2.92. The first-order valence-corrected chi connectivity index (χ1v) is 8.05. The molecule has 0 aromatic heterocycles. The number of hydrogen-bond acceptors (Lipinski definition) is 3. The Bertz CT molecular complexity index is 774. The van der Waals surface area contributed by atoms with Crippen LogP contribution in [-0.2, 0) is 17.8 Å². The van der Waals surface area contributed by atoms with Gasteiger partial charge in [0.2, 0.25) is 0 Å². The number of halogens is 1. The fourth-order valence-electron chi connectivity index (χ4n) is 2.92. The summed E-state index contributed by atoms with van der Waals surface area (Å²) in [4.78, 5) is 12.1. The molecule has 5 heteroatoms. The summed E-state index contributed by atoms with van der Waals surface area (Å²) >= 11 is 0. The van der Waals surface area contributed by atoms with Gasteiger partial charge in [-0.1, -0.05) is 23.8 Å². The minimum absolute atomic E-state index is 0.151. The van der Waals surface area contributed by atoms with Crippen molar-refractivity contribution in [2.24, 2.45) is 0 Å². The molecule has 0 radical (unpaired) electrons. The zero-order valence-corrected chi connectivity index (χ0v) is 13.9. The van der Waals surface area contributed by atoms with Gasteiger partial charge >= 0.3 is 0 Å². The van der Waals surface area contributed by atoms with E-state index in [1.807, 2.05) is 38.1 Å². The van der Waals surface area contributed by atoms with Crippen molar-refractivity contribution in [3.63, 3.8) is 0 Å². The summed E-state index contributed by atoms with van der Waals surface area (Å²) in [5, 5.41) is 5.80. The fraction of sp³-hybridized carbons (Fsp3) is 0.316. The lowest BCUT2D eigenvalue weighted by Gasteiger charge is -2.19. The molecule has 126 valence electrons. The van der Waals surface area contributed by atoms with Gasteiger partial charge in [0.25, 0.3) is 5.91 Å². The second-order valence-corrected chi connectivity index (χ2v) is 6.10. The third-order valence-electron chi connectivity index (χ3n) is 4.17. The normalized spacial score (nSPS) is 13.3. The van der Waals surface area contributed by atoms with E-state index in [-0.39, 0.29) is 24.0 Å². The molecule has 1 heterocycles.